The molecule has 0 saturated heterocycles. The average molecular weight is 902 g/mol. The van der Waals surface area contributed by atoms with Crippen LogP contribution in [0.4, 0.5) is 0 Å². The molecule has 380 valence electrons. The van der Waals surface area contributed by atoms with Gasteiger partial charge in [0.1, 0.15) is 0 Å². The summed E-state index contributed by atoms with van der Waals surface area (Å²) < 4.78 is 10.6. The first-order chi connectivity index (χ1) is 31.7. The van der Waals surface area contributed by atoms with E-state index in [0.717, 1.165) is 25.7 Å². The molecule has 0 aromatic heterocycles. The summed E-state index contributed by atoms with van der Waals surface area (Å²) in [6.07, 6.45) is 74.3. The maximum atomic E-state index is 12.0. The second-order valence-electron chi connectivity index (χ2n) is 20.3. The van der Waals surface area contributed by atoms with Crippen LogP contribution in [0, 0.1) is 0 Å². The Hall–Kier alpha value is -1.32. The van der Waals surface area contributed by atoms with Gasteiger partial charge in [-0.25, -0.2) is 9.59 Å². The maximum Gasteiger partial charge on any atom is 0.331 e. The van der Waals surface area contributed by atoms with Crippen molar-refractivity contribution in [1.29, 1.82) is 0 Å². The third-order valence-corrected chi connectivity index (χ3v) is 13.8. The van der Waals surface area contributed by atoms with Gasteiger partial charge in [-0.2, -0.15) is 0 Å². The molecule has 0 aliphatic carbocycles. The van der Waals surface area contributed by atoms with Gasteiger partial charge in [0, 0.05) is 12.2 Å². The monoisotopic (exact) mass is 901 g/mol. The summed E-state index contributed by atoms with van der Waals surface area (Å²) in [6, 6.07) is 0. The summed E-state index contributed by atoms with van der Waals surface area (Å²) in [5, 5.41) is 0. The lowest BCUT2D eigenvalue weighted by molar-refractivity contribution is -0.140. The number of carbonyl (C=O) groups excluding carboxylic acids is 2. The highest BCUT2D eigenvalue weighted by Crippen LogP contribution is 2.18. The largest absolute Gasteiger partial charge is 0.463 e. The Balaban J connectivity index is 3.27. The van der Waals surface area contributed by atoms with Crippen LogP contribution in [0.3, 0.4) is 0 Å². The molecular weight excluding hydrogens is 785 g/mol. The summed E-state index contributed by atoms with van der Waals surface area (Å²) in [6.45, 7) is 5.45. The quantitative estimate of drug-likeness (QED) is 0.0347. The van der Waals surface area contributed by atoms with Crippen molar-refractivity contribution in [3.8, 4) is 0 Å². The van der Waals surface area contributed by atoms with Gasteiger partial charge in [0.2, 0.25) is 0 Å². The Morgan fingerprint density at radius 2 is 0.344 bits per heavy atom. The van der Waals surface area contributed by atoms with Crippen LogP contribution in [0.2, 0.25) is 0 Å². The van der Waals surface area contributed by atoms with Crippen molar-refractivity contribution in [2.24, 2.45) is 0 Å². The van der Waals surface area contributed by atoms with Crippen molar-refractivity contribution in [1.82, 2.24) is 0 Å². The summed E-state index contributed by atoms with van der Waals surface area (Å²) in [5.41, 5.74) is 0. The van der Waals surface area contributed by atoms with E-state index >= 15 is 0 Å². The number of esters is 2. The van der Waals surface area contributed by atoms with E-state index in [-0.39, 0.29) is 0 Å². The van der Waals surface area contributed by atoms with E-state index in [1.54, 1.807) is 0 Å². The highest BCUT2D eigenvalue weighted by atomic mass is 16.5. The minimum atomic E-state index is -0.447. The van der Waals surface area contributed by atoms with Crippen LogP contribution in [0.1, 0.15) is 348 Å². The first-order valence-electron chi connectivity index (χ1n) is 29.7. The van der Waals surface area contributed by atoms with Gasteiger partial charge in [0.25, 0.3) is 0 Å². The van der Waals surface area contributed by atoms with E-state index in [0.29, 0.717) is 13.2 Å². The Morgan fingerprint density at radius 3 is 0.484 bits per heavy atom. The molecule has 4 nitrogen and oxygen atoms in total. The molecule has 0 atom stereocenters. The Bertz CT molecular complexity index is 841. The van der Waals surface area contributed by atoms with E-state index in [1.165, 1.54) is 320 Å². The minimum Gasteiger partial charge on any atom is -0.463 e. The van der Waals surface area contributed by atoms with Crippen molar-refractivity contribution in [2.75, 3.05) is 13.2 Å². The predicted octanol–water partition coefficient (Wildman–Crippen LogP) is 21.0. The molecule has 0 fully saturated rings. The van der Waals surface area contributed by atoms with Crippen molar-refractivity contribution in [3.63, 3.8) is 0 Å². The molecule has 4 heteroatoms. The van der Waals surface area contributed by atoms with Crippen molar-refractivity contribution >= 4 is 11.9 Å². The van der Waals surface area contributed by atoms with Crippen molar-refractivity contribution in [2.45, 2.75) is 348 Å². The highest BCUT2D eigenvalue weighted by molar-refractivity contribution is 5.91. The number of carbonyl (C=O) groups is 2. The van der Waals surface area contributed by atoms with E-state index in [2.05, 4.69) is 13.8 Å². The molecule has 0 N–H and O–H groups in total. The molecule has 0 aliphatic heterocycles. The second kappa shape index (κ2) is 57.8. The molecule has 0 rings (SSSR count). The SMILES string of the molecule is CCCCCCCCCCCCCCCCCCCCCCCCCCCCOC(=O)/C=C/C(=O)OCCCCCCCCCCCCCCCCCCCCCCCCCCCC. The zero-order valence-corrected chi connectivity index (χ0v) is 44.0. The molecule has 0 bridgehead atoms. The number of ether oxygens (including phenoxy) is 2. The van der Waals surface area contributed by atoms with E-state index in [9.17, 15) is 9.59 Å². The first kappa shape index (κ1) is 62.7. The van der Waals surface area contributed by atoms with Gasteiger partial charge in [0.15, 0.2) is 0 Å². The lowest BCUT2D eigenvalue weighted by atomic mass is 10.0. The van der Waals surface area contributed by atoms with Crippen molar-refractivity contribution < 1.29 is 19.1 Å². The van der Waals surface area contributed by atoms with E-state index in [1.807, 2.05) is 0 Å². The molecule has 0 heterocycles. The maximum absolute atomic E-state index is 12.0. The molecule has 64 heavy (non-hydrogen) atoms. The van der Waals surface area contributed by atoms with Crippen molar-refractivity contribution in [3.05, 3.63) is 12.2 Å². The Kier molecular flexibility index (Phi) is 56.6. The van der Waals surface area contributed by atoms with Crippen LogP contribution in [-0.2, 0) is 19.1 Å². The molecule has 0 unspecified atom stereocenters. The third kappa shape index (κ3) is 56.8. The highest BCUT2D eigenvalue weighted by Gasteiger charge is 2.03. The Labute approximate surface area is 402 Å². The fourth-order valence-electron chi connectivity index (χ4n) is 9.41. The second-order valence-corrected chi connectivity index (χ2v) is 20.3. The third-order valence-electron chi connectivity index (χ3n) is 13.8. The topological polar surface area (TPSA) is 52.6 Å². The molecule has 0 saturated carbocycles. The summed E-state index contributed by atoms with van der Waals surface area (Å²) in [7, 11) is 0. The van der Waals surface area contributed by atoms with Gasteiger partial charge < -0.3 is 9.47 Å². The van der Waals surface area contributed by atoms with Gasteiger partial charge in [-0.15, -0.1) is 0 Å². The molecular formula is C60H116O4. The normalized spacial score (nSPS) is 11.6. The van der Waals surface area contributed by atoms with Crippen LogP contribution >= 0.6 is 0 Å². The minimum absolute atomic E-state index is 0.428. The van der Waals surface area contributed by atoms with Crippen LogP contribution < -0.4 is 0 Å². The zero-order valence-electron chi connectivity index (χ0n) is 44.0. The van der Waals surface area contributed by atoms with Crippen LogP contribution in [0.25, 0.3) is 0 Å². The number of hydrogen-bond acceptors (Lipinski definition) is 4. The summed E-state index contributed by atoms with van der Waals surface area (Å²) >= 11 is 0. The van der Waals surface area contributed by atoms with Gasteiger partial charge >= 0.3 is 11.9 Å². The standard InChI is InChI=1S/C60H116O4/c1-3-5-7-9-11-13-15-17-19-21-23-25-27-29-31-33-35-37-39-41-43-45-47-49-51-53-57-63-59(61)55-56-60(62)64-58-54-52-50-48-46-44-42-40-38-36-34-32-30-28-26-24-22-20-18-16-14-12-10-8-6-4-2/h55-56H,3-54,57-58H2,1-2H3/b56-55+. The number of unbranched alkanes of at least 4 members (excludes halogenated alkanes) is 50. The fraction of sp³-hybridized carbons (Fsp3) is 0.933. The fourth-order valence-corrected chi connectivity index (χ4v) is 9.41. The van der Waals surface area contributed by atoms with Gasteiger partial charge in [-0.05, 0) is 12.8 Å². The molecule has 0 spiro atoms. The van der Waals surface area contributed by atoms with Gasteiger partial charge in [0.05, 0.1) is 13.2 Å². The molecule has 0 amide bonds. The van der Waals surface area contributed by atoms with Crippen LogP contribution in [0.15, 0.2) is 12.2 Å². The van der Waals surface area contributed by atoms with E-state index < -0.39 is 11.9 Å². The lowest BCUT2D eigenvalue weighted by Gasteiger charge is -2.05. The summed E-state index contributed by atoms with van der Waals surface area (Å²) in [5.74, 6) is -0.895. The zero-order chi connectivity index (χ0) is 46.2. The molecule has 0 aromatic carbocycles. The summed E-state index contributed by atoms with van der Waals surface area (Å²) in [4.78, 5) is 23.9. The Morgan fingerprint density at radius 1 is 0.219 bits per heavy atom. The molecule has 0 radical (unpaired) electrons. The van der Waals surface area contributed by atoms with Crippen LogP contribution in [0.5, 0.6) is 0 Å². The lowest BCUT2D eigenvalue weighted by Crippen LogP contribution is -2.06. The van der Waals surface area contributed by atoms with Gasteiger partial charge in [-0.1, -0.05) is 335 Å². The van der Waals surface area contributed by atoms with Crippen LogP contribution in [-0.4, -0.2) is 25.2 Å². The van der Waals surface area contributed by atoms with E-state index in [4.69, 9.17) is 9.47 Å². The number of rotatable bonds is 56. The smallest absolute Gasteiger partial charge is 0.331 e. The average Bonchev–Trinajstić information content (AvgIpc) is 3.30. The first-order valence-corrected chi connectivity index (χ1v) is 29.7. The van der Waals surface area contributed by atoms with Gasteiger partial charge in [-0.3, -0.25) is 0 Å². The molecule has 0 aromatic rings. The molecule has 0 aliphatic rings. The number of hydrogen-bond donors (Lipinski definition) is 0. The predicted molar refractivity (Wildman–Crippen MR) is 282 cm³/mol.